The van der Waals surface area contributed by atoms with Gasteiger partial charge in [-0.2, -0.15) is 0 Å². The van der Waals surface area contributed by atoms with Crippen LogP contribution in [0.3, 0.4) is 0 Å². The molecule has 1 N–H and O–H groups in total. The van der Waals surface area contributed by atoms with Crippen LogP contribution in [0.2, 0.25) is 0 Å². The summed E-state index contributed by atoms with van der Waals surface area (Å²) in [4.78, 5) is 13.3. The first-order chi connectivity index (χ1) is 10.6. The van der Waals surface area contributed by atoms with Crippen LogP contribution in [0.1, 0.15) is 27.9 Å². The minimum atomic E-state index is -0.882. The molecule has 1 fully saturated rings. The third-order valence-electron chi connectivity index (χ3n) is 4.24. The zero-order valence-corrected chi connectivity index (χ0v) is 13.8. The number of carbonyl (C=O) groups excluding carboxylic acids is 1. The minimum Gasteiger partial charge on any atom is -0.384 e. The molecule has 1 aliphatic rings. The second-order valence-corrected chi connectivity index (χ2v) is 6.69. The third kappa shape index (κ3) is 3.14. The third-order valence-corrected chi connectivity index (χ3v) is 4.96. The number of β-amino-alcohol motifs (C(OH)–C–C–N with tert-alkyl or cyclic N) is 1. The molecule has 22 heavy (non-hydrogen) atoms. The highest BCUT2D eigenvalue weighted by Gasteiger charge is 2.37. The molecule has 0 saturated carbocycles. The Bertz CT molecular complexity index is 674. The van der Waals surface area contributed by atoms with Gasteiger partial charge in [-0.05, 0) is 29.7 Å². The van der Waals surface area contributed by atoms with Crippen molar-refractivity contribution < 1.29 is 9.90 Å². The fourth-order valence-electron chi connectivity index (χ4n) is 3.01. The lowest BCUT2D eigenvalue weighted by molar-refractivity contribution is 0.0452. The average molecular weight is 360 g/mol. The molecule has 1 aliphatic heterocycles. The summed E-state index contributed by atoms with van der Waals surface area (Å²) in [6, 6.07) is 15.8. The topological polar surface area (TPSA) is 40.5 Å². The smallest absolute Gasteiger partial charge is 0.151 e. The fourth-order valence-corrected chi connectivity index (χ4v) is 3.35. The van der Waals surface area contributed by atoms with Crippen LogP contribution in [-0.2, 0) is 12.1 Å². The molecule has 3 nitrogen and oxygen atoms in total. The SMILES string of the molecule is O=Cc1cc([C@]2(O)CCN(Cc3ccccc3)C2)ccc1Br. The molecule has 1 atom stereocenters. The quantitative estimate of drug-likeness (QED) is 0.851. The van der Waals surface area contributed by atoms with Crippen LogP contribution in [0.25, 0.3) is 0 Å². The number of benzene rings is 2. The van der Waals surface area contributed by atoms with Crippen molar-refractivity contribution in [1.82, 2.24) is 4.90 Å². The van der Waals surface area contributed by atoms with Crippen molar-refractivity contribution in [3.05, 3.63) is 69.7 Å². The van der Waals surface area contributed by atoms with Gasteiger partial charge in [-0.1, -0.05) is 52.3 Å². The van der Waals surface area contributed by atoms with E-state index in [0.717, 1.165) is 29.4 Å². The van der Waals surface area contributed by atoms with E-state index >= 15 is 0 Å². The van der Waals surface area contributed by atoms with Gasteiger partial charge in [0.05, 0.1) is 0 Å². The summed E-state index contributed by atoms with van der Waals surface area (Å²) in [7, 11) is 0. The standard InChI is InChI=1S/C18H18BrNO2/c19-17-7-6-16(10-15(17)12-21)18(22)8-9-20(13-18)11-14-4-2-1-3-5-14/h1-7,10,12,22H,8-9,11,13H2/t18-/m0/s1. The molecule has 3 rings (SSSR count). The zero-order chi connectivity index (χ0) is 15.6. The Morgan fingerprint density at radius 3 is 2.73 bits per heavy atom. The van der Waals surface area contributed by atoms with Crippen molar-refractivity contribution in [1.29, 1.82) is 0 Å². The molecule has 0 aliphatic carbocycles. The Kier molecular flexibility index (Phi) is 4.43. The Labute approximate surface area is 138 Å². The van der Waals surface area contributed by atoms with E-state index in [2.05, 4.69) is 33.0 Å². The van der Waals surface area contributed by atoms with E-state index in [1.54, 1.807) is 6.07 Å². The van der Waals surface area contributed by atoms with E-state index in [-0.39, 0.29) is 0 Å². The molecule has 2 aromatic rings. The fraction of sp³-hybridized carbons (Fsp3) is 0.278. The summed E-state index contributed by atoms with van der Waals surface area (Å²) in [6.07, 6.45) is 1.49. The van der Waals surface area contributed by atoms with E-state index in [1.165, 1.54) is 5.56 Å². The number of aldehydes is 1. The molecule has 0 unspecified atom stereocenters. The monoisotopic (exact) mass is 359 g/mol. The first-order valence-electron chi connectivity index (χ1n) is 7.35. The van der Waals surface area contributed by atoms with E-state index in [9.17, 15) is 9.90 Å². The van der Waals surface area contributed by atoms with Crippen molar-refractivity contribution in [2.45, 2.75) is 18.6 Å². The molecule has 114 valence electrons. The van der Waals surface area contributed by atoms with Crippen LogP contribution in [0.15, 0.2) is 53.0 Å². The summed E-state index contributed by atoms with van der Waals surface area (Å²) in [5.41, 5.74) is 1.75. The van der Waals surface area contributed by atoms with Crippen LogP contribution in [-0.4, -0.2) is 29.4 Å². The van der Waals surface area contributed by atoms with Gasteiger partial charge in [0.1, 0.15) is 5.60 Å². The largest absolute Gasteiger partial charge is 0.384 e. The van der Waals surface area contributed by atoms with Crippen molar-refractivity contribution in [3.63, 3.8) is 0 Å². The Morgan fingerprint density at radius 2 is 2.00 bits per heavy atom. The van der Waals surface area contributed by atoms with Crippen LogP contribution in [0, 0.1) is 0 Å². The molecule has 1 heterocycles. The van der Waals surface area contributed by atoms with Gasteiger partial charge in [-0.3, -0.25) is 9.69 Å². The van der Waals surface area contributed by atoms with E-state index in [0.29, 0.717) is 18.5 Å². The highest BCUT2D eigenvalue weighted by molar-refractivity contribution is 9.10. The lowest BCUT2D eigenvalue weighted by Gasteiger charge is -2.24. The number of carbonyl (C=O) groups is 1. The summed E-state index contributed by atoms with van der Waals surface area (Å²) < 4.78 is 0.758. The Balaban J connectivity index is 1.76. The molecular formula is C18H18BrNO2. The highest BCUT2D eigenvalue weighted by atomic mass is 79.9. The summed E-state index contributed by atoms with van der Waals surface area (Å²) in [6.45, 7) is 2.26. The number of likely N-dealkylation sites (tertiary alicyclic amines) is 1. The summed E-state index contributed by atoms with van der Waals surface area (Å²) in [5, 5.41) is 10.9. The number of halogens is 1. The number of nitrogens with zero attached hydrogens (tertiary/aromatic N) is 1. The maximum atomic E-state index is 11.1. The molecule has 0 bridgehead atoms. The van der Waals surface area contributed by atoms with Gasteiger partial charge in [0.2, 0.25) is 0 Å². The maximum absolute atomic E-state index is 11.1. The predicted molar refractivity (Wildman–Crippen MR) is 89.8 cm³/mol. The van der Waals surface area contributed by atoms with Gasteiger partial charge in [0.25, 0.3) is 0 Å². The van der Waals surface area contributed by atoms with Crippen molar-refractivity contribution >= 4 is 22.2 Å². The van der Waals surface area contributed by atoms with Crippen molar-refractivity contribution in [2.24, 2.45) is 0 Å². The van der Waals surface area contributed by atoms with Gasteiger partial charge >= 0.3 is 0 Å². The molecule has 0 radical (unpaired) electrons. The molecule has 1 saturated heterocycles. The number of aliphatic hydroxyl groups is 1. The van der Waals surface area contributed by atoms with Gasteiger partial charge in [0.15, 0.2) is 6.29 Å². The first kappa shape index (κ1) is 15.4. The predicted octanol–water partition coefficient (Wildman–Crippen LogP) is 3.36. The van der Waals surface area contributed by atoms with E-state index in [1.807, 2.05) is 30.3 Å². The van der Waals surface area contributed by atoms with Crippen LogP contribution in [0.5, 0.6) is 0 Å². The average Bonchev–Trinajstić information content (AvgIpc) is 2.91. The molecule has 0 aromatic heterocycles. The van der Waals surface area contributed by atoms with E-state index in [4.69, 9.17) is 0 Å². The Morgan fingerprint density at radius 1 is 1.23 bits per heavy atom. The lowest BCUT2D eigenvalue weighted by atomic mass is 9.92. The van der Waals surface area contributed by atoms with Crippen LogP contribution >= 0.6 is 15.9 Å². The molecule has 2 aromatic carbocycles. The second-order valence-electron chi connectivity index (χ2n) is 5.83. The molecule has 4 heteroatoms. The van der Waals surface area contributed by atoms with Gasteiger partial charge < -0.3 is 5.11 Å². The van der Waals surface area contributed by atoms with Crippen LogP contribution in [0.4, 0.5) is 0 Å². The van der Waals surface area contributed by atoms with Gasteiger partial charge in [0, 0.05) is 29.7 Å². The zero-order valence-electron chi connectivity index (χ0n) is 12.2. The van der Waals surface area contributed by atoms with Crippen LogP contribution < -0.4 is 0 Å². The van der Waals surface area contributed by atoms with Crippen molar-refractivity contribution in [2.75, 3.05) is 13.1 Å². The number of hydrogen-bond donors (Lipinski definition) is 1. The summed E-state index contributed by atoms with van der Waals surface area (Å²) >= 11 is 3.35. The maximum Gasteiger partial charge on any atom is 0.151 e. The van der Waals surface area contributed by atoms with Gasteiger partial charge in [-0.25, -0.2) is 0 Å². The normalized spacial score (nSPS) is 21.9. The van der Waals surface area contributed by atoms with E-state index < -0.39 is 5.60 Å². The number of rotatable bonds is 4. The second kappa shape index (κ2) is 6.32. The van der Waals surface area contributed by atoms with Gasteiger partial charge in [-0.15, -0.1) is 0 Å². The molecule has 0 spiro atoms. The number of hydrogen-bond acceptors (Lipinski definition) is 3. The minimum absolute atomic E-state index is 0.576. The van der Waals surface area contributed by atoms with Crippen molar-refractivity contribution in [3.8, 4) is 0 Å². The Hall–Kier alpha value is -1.49. The first-order valence-corrected chi connectivity index (χ1v) is 8.14. The summed E-state index contributed by atoms with van der Waals surface area (Å²) in [5.74, 6) is 0. The molecular weight excluding hydrogens is 342 g/mol. The highest BCUT2D eigenvalue weighted by Crippen LogP contribution is 2.34. The molecule has 0 amide bonds. The lowest BCUT2D eigenvalue weighted by Crippen LogP contribution is -2.30.